The lowest BCUT2D eigenvalue weighted by molar-refractivity contribution is 0.865. The molecule has 0 fully saturated rings. The molecule has 1 rings (SSSR count). The van der Waals surface area contributed by atoms with Gasteiger partial charge in [0.05, 0.1) is 0 Å². The number of rotatable bonds is 2. The van der Waals surface area contributed by atoms with E-state index in [9.17, 15) is 0 Å². The quantitative estimate of drug-likeness (QED) is 0.672. The number of halogens is 1. The predicted molar refractivity (Wildman–Crippen MR) is 52.2 cm³/mol. The Labute approximate surface area is 76.5 Å². The molecule has 0 radical (unpaired) electrons. The Bertz CT molecular complexity index is 216. The van der Waals surface area contributed by atoms with Gasteiger partial charge in [-0.15, -0.1) is 0 Å². The fraction of sp³-hybridized carbons (Fsp3) is 0.333. The van der Waals surface area contributed by atoms with Gasteiger partial charge in [0.1, 0.15) is 0 Å². The minimum atomic E-state index is 0.601. The highest BCUT2D eigenvalue weighted by Gasteiger charge is 1.97. The van der Waals surface area contributed by atoms with Gasteiger partial charge in [-0.3, -0.25) is 0 Å². The van der Waals surface area contributed by atoms with Crippen LogP contribution in [0.5, 0.6) is 0 Å². The second-order valence-corrected chi connectivity index (χ2v) is 3.89. The van der Waals surface area contributed by atoms with E-state index in [2.05, 4.69) is 26.0 Å². The summed E-state index contributed by atoms with van der Waals surface area (Å²) in [5.74, 6) is 0.601. The summed E-state index contributed by atoms with van der Waals surface area (Å²) in [7, 11) is 6.84. The van der Waals surface area contributed by atoms with Crippen molar-refractivity contribution in [2.75, 3.05) is 0 Å². The van der Waals surface area contributed by atoms with Gasteiger partial charge in [-0.1, -0.05) is 26.0 Å². The van der Waals surface area contributed by atoms with Gasteiger partial charge in [0.15, 0.2) is 0 Å². The van der Waals surface area contributed by atoms with Crippen LogP contribution in [0.4, 0.5) is 0 Å². The first-order valence-corrected chi connectivity index (χ1v) is 5.27. The van der Waals surface area contributed by atoms with Crippen molar-refractivity contribution in [2.24, 2.45) is 0 Å². The molecule has 0 unspecified atom stereocenters. The molecule has 0 spiro atoms. The van der Waals surface area contributed by atoms with Crippen molar-refractivity contribution in [3.8, 4) is 0 Å². The van der Waals surface area contributed by atoms with Gasteiger partial charge >= 0.3 is 0 Å². The molecule has 0 amide bonds. The van der Waals surface area contributed by atoms with Crippen molar-refractivity contribution in [2.45, 2.75) is 24.7 Å². The van der Waals surface area contributed by atoms with Crippen LogP contribution in [0.3, 0.4) is 0 Å². The van der Waals surface area contributed by atoms with Crippen molar-refractivity contribution in [3.63, 3.8) is 0 Å². The maximum absolute atomic E-state index is 5.58. The molecule has 0 aliphatic rings. The van der Waals surface area contributed by atoms with Crippen LogP contribution in [-0.2, 0) is 0 Å². The second kappa shape index (κ2) is 4.03. The highest BCUT2D eigenvalue weighted by Crippen LogP contribution is 2.23. The summed E-state index contributed by atoms with van der Waals surface area (Å²) in [5, 5.41) is 0. The van der Waals surface area contributed by atoms with Gasteiger partial charge in [-0.05, 0) is 45.3 Å². The number of hydrogen-bond acceptors (Lipinski definition) is 1. The van der Waals surface area contributed by atoms with E-state index >= 15 is 0 Å². The Balaban J connectivity index is 2.83. The molecule has 11 heavy (non-hydrogen) atoms. The Morgan fingerprint density at radius 2 is 1.73 bits per heavy atom. The molecule has 60 valence electrons. The lowest BCUT2D eigenvalue weighted by Gasteiger charge is -2.04. The van der Waals surface area contributed by atoms with E-state index in [0.717, 1.165) is 4.90 Å². The fourth-order valence-corrected chi connectivity index (χ4v) is 1.45. The molecular formula is C9H11ClS. The zero-order chi connectivity index (χ0) is 8.27. The minimum Gasteiger partial charge on any atom is -0.0587 e. The van der Waals surface area contributed by atoms with E-state index in [4.69, 9.17) is 10.7 Å². The minimum absolute atomic E-state index is 0.601. The van der Waals surface area contributed by atoms with Crippen LogP contribution in [0.15, 0.2) is 29.2 Å². The summed E-state index contributed by atoms with van der Waals surface area (Å²) in [5.41, 5.74) is 1.36. The summed E-state index contributed by atoms with van der Waals surface area (Å²) in [6, 6.07) is 8.34. The third kappa shape index (κ3) is 2.42. The first kappa shape index (κ1) is 8.95. The molecule has 0 saturated carbocycles. The van der Waals surface area contributed by atoms with Crippen molar-refractivity contribution >= 4 is 21.7 Å². The topological polar surface area (TPSA) is 0 Å². The molecule has 0 bridgehead atoms. The number of hydrogen-bond donors (Lipinski definition) is 0. The molecule has 2 heteroatoms. The maximum atomic E-state index is 5.58. The van der Waals surface area contributed by atoms with Crippen LogP contribution >= 0.6 is 21.7 Å². The van der Waals surface area contributed by atoms with E-state index in [1.807, 2.05) is 12.1 Å². The maximum Gasteiger partial charge on any atom is 0.0233 e. The van der Waals surface area contributed by atoms with Gasteiger partial charge in [-0.2, -0.15) is 0 Å². The van der Waals surface area contributed by atoms with Crippen molar-refractivity contribution < 1.29 is 0 Å². The highest BCUT2D eigenvalue weighted by molar-refractivity contribution is 8.21. The predicted octanol–water partition coefficient (Wildman–Crippen LogP) is 4.06. The molecule has 0 nitrogen and oxygen atoms in total. The van der Waals surface area contributed by atoms with E-state index in [0.29, 0.717) is 5.92 Å². The lowest BCUT2D eigenvalue weighted by atomic mass is 10.0. The zero-order valence-electron chi connectivity index (χ0n) is 6.67. The van der Waals surface area contributed by atoms with Gasteiger partial charge < -0.3 is 0 Å². The summed E-state index contributed by atoms with van der Waals surface area (Å²) < 4.78 is 0. The molecule has 1 aromatic carbocycles. The summed E-state index contributed by atoms with van der Waals surface area (Å²) >= 11 is 0. The molecule has 0 aromatic heterocycles. The van der Waals surface area contributed by atoms with Crippen molar-refractivity contribution in [1.29, 1.82) is 0 Å². The van der Waals surface area contributed by atoms with Crippen LogP contribution in [0.25, 0.3) is 0 Å². The Kier molecular flexibility index (Phi) is 3.28. The normalized spacial score (nSPS) is 10.5. The first-order chi connectivity index (χ1) is 5.24. The summed E-state index contributed by atoms with van der Waals surface area (Å²) in [6.45, 7) is 4.37. The number of benzene rings is 1. The summed E-state index contributed by atoms with van der Waals surface area (Å²) in [6.07, 6.45) is 0. The standard InChI is InChI=1S/C9H11ClS/c1-7(2)8-3-5-9(11-10)6-4-8/h3-7H,1-2H3. The average Bonchev–Trinajstić information content (AvgIpc) is 2.05. The van der Waals surface area contributed by atoms with Gasteiger partial charge in [0.2, 0.25) is 0 Å². The van der Waals surface area contributed by atoms with Crippen molar-refractivity contribution in [3.05, 3.63) is 29.8 Å². The second-order valence-electron chi connectivity index (χ2n) is 2.80. The molecule has 0 aliphatic heterocycles. The molecule has 0 aliphatic carbocycles. The van der Waals surface area contributed by atoms with E-state index in [-0.39, 0.29) is 0 Å². The zero-order valence-corrected chi connectivity index (χ0v) is 8.25. The summed E-state index contributed by atoms with van der Waals surface area (Å²) in [4.78, 5) is 1.11. The Morgan fingerprint density at radius 3 is 2.09 bits per heavy atom. The fourth-order valence-electron chi connectivity index (χ4n) is 0.904. The lowest BCUT2D eigenvalue weighted by Crippen LogP contribution is -1.84. The molecule has 0 N–H and O–H groups in total. The van der Waals surface area contributed by atoms with Crippen LogP contribution in [0, 0.1) is 0 Å². The monoisotopic (exact) mass is 186 g/mol. The van der Waals surface area contributed by atoms with Crippen LogP contribution < -0.4 is 0 Å². The molecule has 0 saturated heterocycles. The van der Waals surface area contributed by atoms with E-state index in [1.54, 1.807) is 0 Å². The van der Waals surface area contributed by atoms with Gasteiger partial charge in [0.25, 0.3) is 0 Å². The molecule has 0 heterocycles. The first-order valence-electron chi connectivity index (χ1n) is 3.62. The van der Waals surface area contributed by atoms with E-state index in [1.165, 1.54) is 16.5 Å². The molecule has 0 atom stereocenters. The molecule has 1 aromatic rings. The van der Waals surface area contributed by atoms with Crippen LogP contribution in [0.2, 0.25) is 0 Å². The Hall–Kier alpha value is -0.140. The Morgan fingerprint density at radius 1 is 1.18 bits per heavy atom. The van der Waals surface area contributed by atoms with Crippen LogP contribution in [0.1, 0.15) is 25.3 Å². The van der Waals surface area contributed by atoms with Crippen LogP contribution in [-0.4, -0.2) is 0 Å². The average molecular weight is 187 g/mol. The van der Waals surface area contributed by atoms with Gasteiger partial charge in [0, 0.05) is 4.90 Å². The largest absolute Gasteiger partial charge is 0.0587 e. The third-order valence-electron chi connectivity index (χ3n) is 1.64. The smallest absolute Gasteiger partial charge is 0.0233 e. The van der Waals surface area contributed by atoms with E-state index < -0.39 is 0 Å². The third-order valence-corrected chi connectivity index (χ3v) is 2.62. The highest BCUT2D eigenvalue weighted by atomic mass is 35.7. The SMILES string of the molecule is CC(C)c1ccc(SCl)cc1. The molecular weight excluding hydrogens is 176 g/mol. The van der Waals surface area contributed by atoms with Gasteiger partial charge in [-0.25, -0.2) is 0 Å². The van der Waals surface area contributed by atoms with Crippen molar-refractivity contribution in [1.82, 2.24) is 0 Å².